The number of Topliss-reactive ketones (excluding diaryl/α,β-unsaturated/α-hetero) is 1. The van der Waals surface area contributed by atoms with Crippen molar-refractivity contribution >= 4 is 29.3 Å². The summed E-state index contributed by atoms with van der Waals surface area (Å²) in [4.78, 5) is 49.1. The van der Waals surface area contributed by atoms with Gasteiger partial charge in [-0.2, -0.15) is 0 Å². The molecule has 3 aromatic rings. The number of amides is 2. The van der Waals surface area contributed by atoms with Crippen LogP contribution < -0.4 is 15.8 Å². The highest BCUT2D eigenvalue weighted by molar-refractivity contribution is 6.44. The maximum atomic E-state index is 13.1. The minimum absolute atomic E-state index is 0.0601. The summed E-state index contributed by atoms with van der Waals surface area (Å²) in [5, 5.41) is 2.69. The Labute approximate surface area is 214 Å². The summed E-state index contributed by atoms with van der Waals surface area (Å²) >= 11 is 0. The summed E-state index contributed by atoms with van der Waals surface area (Å²) in [7, 11) is 1.24. The number of hydrogen-bond acceptors (Lipinski definition) is 7. The number of primary amides is 1. The molecule has 0 saturated heterocycles. The minimum atomic E-state index is -1.14. The van der Waals surface area contributed by atoms with Crippen LogP contribution in [0.5, 0.6) is 5.75 Å². The van der Waals surface area contributed by atoms with Gasteiger partial charge in [-0.25, -0.2) is 9.59 Å². The zero-order valence-electron chi connectivity index (χ0n) is 21.3. The number of hydrogen-bond donors (Lipinski definition) is 2. The second kappa shape index (κ2) is 11.6. The largest absolute Gasteiger partial charge is 0.480 e. The van der Waals surface area contributed by atoms with Crippen molar-refractivity contribution < 1.29 is 33.4 Å². The molecule has 0 atom stereocenters. The number of esters is 1. The van der Waals surface area contributed by atoms with Crippen LogP contribution in [0.2, 0.25) is 0 Å². The first-order valence-electron chi connectivity index (χ1n) is 11.7. The predicted octanol–water partition coefficient (Wildman–Crippen LogP) is 2.82. The van der Waals surface area contributed by atoms with Crippen molar-refractivity contribution in [3.63, 3.8) is 0 Å². The highest BCUT2D eigenvalue weighted by Gasteiger charge is 2.29. The molecule has 0 radical (unpaired) electrons. The van der Waals surface area contributed by atoms with Crippen LogP contribution in [0.3, 0.4) is 0 Å². The van der Waals surface area contributed by atoms with E-state index < -0.39 is 36.0 Å². The van der Waals surface area contributed by atoms with Gasteiger partial charge in [-0.3, -0.25) is 9.59 Å². The van der Waals surface area contributed by atoms with Gasteiger partial charge in [-0.1, -0.05) is 30.3 Å². The van der Waals surface area contributed by atoms with Crippen molar-refractivity contribution in [2.24, 2.45) is 5.73 Å². The zero-order chi connectivity index (χ0) is 27.2. The van der Waals surface area contributed by atoms with Crippen molar-refractivity contribution in [2.75, 3.05) is 20.3 Å². The molecule has 10 heteroatoms. The molecule has 196 valence electrons. The highest BCUT2D eigenvalue weighted by atomic mass is 16.6. The number of methoxy groups -OCH3 is 1. The molecule has 0 aliphatic rings. The van der Waals surface area contributed by atoms with E-state index in [1.165, 1.54) is 7.11 Å². The molecular formula is C27H31N3O7. The van der Waals surface area contributed by atoms with Gasteiger partial charge >= 0.3 is 12.1 Å². The van der Waals surface area contributed by atoms with Gasteiger partial charge in [0.15, 0.2) is 6.61 Å². The Balaban J connectivity index is 2.13. The molecule has 3 N–H and O–H groups in total. The Morgan fingerprint density at radius 1 is 1.03 bits per heavy atom. The molecule has 0 bridgehead atoms. The smallest absolute Gasteiger partial charge is 0.407 e. The predicted molar refractivity (Wildman–Crippen MR) is 136 cm³/mol. The molecule has 2 heterocycles. The molecule has 0 unspecified atom stereocenters. The summed E-state index contributed by atoms with van der Waals surface area (Å²) in [6, 6.07) is 12.9. The van der Waals surface area contributed by atoms with Crippen molar-refractivity contribution in [3.05, 3.63) is 71.0 Å². The van der Waals surface area contributed by atoms with Gasteiger partial charge in [0.25, 0.3) is 11.7 Å². The number of aromatic nitrogens is 1. The topological polar surface area (TPSA) is 138 Å². The number of ketones is 1. The van der Waals surface area contributed by atoms with E-state index in [9.17, 15) is 19.2 Å². The van der Waals surface area contributed by atoms with E-state index >= 15 is 0 Å². The quantitative estimate of drug-likeness (QED) is 0.243. The fourth-order valence-electron chi connectivity index (χ4n) is 3.92. The Kier molecular flexibility index (Phi) is 8.54. The van der Waals surface area contributed by atoms with Crippen LogP contribution in [-0.2, 0) is 31.9 Å². The Hall–Kier alpha value is -4.34. The summed E-state index contributed by atoms with van der Waals surface area (Å²) in [6.07, 6.45) is 1.75. The highest BCUT2D eigenvalue weighted by Crippen LogP contribution is 2.33. The summed E-state index contributed by atoms with van der Waals surface area (Å²) in [6.45, 7) is 5.00. The second-order valence-electron chi connectivity index (χ2n) is 9.29. The average Bonchev–Trinajstić information content (AvgIpc) is 3.15. The number of carbonyl (C=O) groups is 4. The molecule has 0 saturated carbocycles. The standard InChI is InChI=1S/C27H31N3O7/c1-27(2,3)37-26(34)29-13-12-18-19(15-17-9-6-5-7-10-17)30-14-8-11-20(36-16-21(31)35-4)23(30)22(18)24(32)25(28)33/h5-11,14H,12-13,15-16H2,1-4H3,(H2,28,33)(H,29,34). The third kappa shape index (κ3) is 6.87. The summed E-state index contributed by atoms with van der Waals surface area (Å²) in [5.74, 6) is -2.44. The van der Waals surface area contributed by atoms with Crippen LogP contribution in [0, 0.1) is 0 Å². The number of nitrogens with one attached hydrogen (secondary N) is 1. The molecule has 37 heavy (non-hydrogen) atoms. The van der Waals surface area contributed by atoms with Crippen LogP contribution in [0.25, 0.3) is 5.52 Å². The number of nitrogens with zero attached hydrogens (tertiary/aromatic N) is 1. The number of benzene rings is 1. The first-order valence-corrected chi connectivity index (χ1v) is 11.7. The molecule has 2 amide bonds. The number of carbonyl (C=O) groups excluding carboxylic acids is 4. The molecule has 0 aliphatic heterocycles. The Morgan fingerprint density at radius 2 is 1.73 bits per heavy atom. The second-order valence-corrected chi connectivity index (χ2v) is 9.29. The third-order valence-electron chi connectivity index (χ3n) is 5.42. The number of ether oxygens (including phenoxy) is 3. The van der Waals surface area contributed by atoms with Crippen LogP contribution >= 0.6 is 0 Å². The van der Waals surface area contributed by atoms with E-state index in [2.05, 4.69) is 10.1 Å². The van der Waals surface area contributed by atoms with E-state index in [4.69, 9.17) is 15.2 Å². The normalized spacial score (nSPS) is 11.1. The number of nitrogens with two attached hydrogens (primary N) is 1. The number of alkyl carbamates (subject to hydrolysis) is 1. The van der Waals surface area contributed by atoms with Gasteiger partial charge in [-0.15, -0.1) is 0 Å². The van der Waals surface area contributed by atoms with Crippen molar-refractivity contribution in [1.82, 2.24) is 9.72 Å². The molecule has 10 nitrogen and oxygen atoms in total. The van der Waals surface area contributed by atoms with Gasteiger partial charge in [0, 0.05) is 24.9 Å². The monoisotopic (exact) mass is 509 g/mol. The number of pyridine rings is 1. The molecule has 0 aliphatic carbocycles. The maximum Gasteiger partial charge on any atom is 0.407 e. The first-order chi connectivity index (χ1) is 17.5. The van der Waals surface area contributed by atoms with Crippen molar-refractivity contribution in [3.8, 4) is 5.75 Å². The average molecular weight is 510 g/mol. The van der Waals surface area contributed by atoms with Gasteiger partial charge in [0.1, 0.15) is 11.4 Å². The zero-order valence-corrected chi connectivity index (χ0v) is 21.3. The van der Waals surface area contributed by atoms with Crippen molar-refractivity contribution in [1.29, 1.82) is 0 Å². The molecule has 0 fully saturated rings. The van der Waals surface area contributed by atoms with Crippen LogP contribution in [0.4, 0.5) is 4.79 Å². The SMILES string of the molecule is COC(=O)COc1cccn2c(Cc3ccccc3)c(CCNC(=O)OC(C)(C)C)c(C(=O)C(N)=O)c12. The lowest BCUT2D eigenvalue weighted by Gasteiger charge is -2.19. The molecule has 3 rings (SSSR count). The van der Waals surface area contributed by atoms with Gasteiger partial charge in [0.05, 0.1) is 18.2 Å². The Morgan fingerprint density at radius 3 is 2.35 bits per heavy atom. The van der Waals surface area contributed by atoms with E-state index in [-0.39, 0.29) is 24.3 Å². The number of rotatable bonds is 10. The summed E-state index contributed by atoms with van der Waals surface area (Å²) in [5.41, 5.74) is 7.31. The Bertz CT molecular complexity index is 1310. The van der Waals surface area contributed by atoms with E-state index in [0.29, 0.717) is 23.2 Å². The van der Waals surface area contributed by atoms with Gasteiger partial charge in [-0.05, 0) is 50.5 Å². The van der Waals surface area contributed by atoms with E-state index in [1.807, 2.05) is 30.3 Å². The lowest BCUT2D eigenvalue weighted by Crippen LogP contribution is -2.34. The third-order valence-corrected chi connectivity index (χ3v) is 5.42. The van der Waals surface area contributed by atoms with E-state index in [1.54, 1.807) is 43.5 Å². The molecule has 2 aromatic heterocycles. The fourth-order valence-corrected chi connectivity index (χ4v) is 3.92. The fraction of sp³-hybridized carbons (Fsp3) is 0.333. The maximum absolute atomic E-state index is 13.1. The lowest BCUT2D eigenvalue weighted by molar-refractivity contribution is -0.142. The minimum Gasteiger partial charge on any atom is -0.480 e. The lowest BCUT2D eigenvalue weighted by atomic mass is 9.98. The number of fused-ring (bicyclic) bond motifs is 1. The molecule has 0 spiro atoms. The van der Waals surface area contributed by atoms with Crippen LogP contribution in [0.15, 0.2) is 48.7 Å². The van der Waals surface area contributed by atoms with Crippen molar-refractivity contribution in [2.45, 2.75) is 39.2 Å². The summed E-state index contributed by atoms with van der Waals surface area (Å²) < 4.78 is 17.4. The van der Waals surface area contributed by atoms with Crippen LogP contribution in [0.1, 0.15) is 48.0 Å². The molecular weight excluding hydrogens is 478 g/mol. The van der Waals surface area contributed by atoms with Crippen LogP contribution in [-0.4, -0.2) is 54.0 Å². The first kappa shape index (κ1) is 27.3. The van der Waals surface area contributed by atoms with Gasteiger partial charge < -0.3 is 29.7 Å². The van der Waals surface area contributed by atoms with E-state index in [0.717, 1.165) is 5.56 Å². The molecule has 1 aromatic carbocycles. The van der Waals surface area contributed by atoms with Gasteiger partial charge in [0.2, 0.25) is 0 Å².